The predicted molar refractivity (Wildman–Crippen MR) is 39.5 cm³/mol. The van der Waals surface area contributed by atoms with Gasteiger partial charge in [0, 0.05) is 12.1 Å². The Labute approximate surface area is 63.7 Å². The summed E-state index contributed by atoms with van der Waals surface area (Å²) in [5.74, 6) is 0.0281. The first-order valence-electron chi connectivity index (χ1n) is 3.09. The van der Waals surface area contributed by atoms with Crippen molar-refractivity contribution >= 4 is 12.0 Å². The molecule has 4 nitrogen and oxygen atoms in total. The number of rotatable bonds is 2. The minimum atomic E-state index is -0.501. The van der Waals surface area contributed by atoms with Crippen LogP contribution in [0.15, 0.2) is 16.7 Å². The van der Waals surface area contributed by atoms with Crippen LogP contribution in [0.25, 0.3) is 6.08 Å². The highest BCUT2D eigenvalue weighted by Gasteiger charge is 1.94. The Balaban J connectivity index is 2.71. The Morgan fingerprint density at radius 3 is 3.00 bits per heavy atom. The number of carbonyl (C=O) groups is 1. The van der Waals surface area contributed by atoms with Gasteiger partial charge in [-0.1, -0.05) is 5.16 Å². The number of nitrogens with two attached hydrogens (primary N) is 1. The number of primary amides is 1. The van der Waals surface area contributed by atoms with Gasteiger partial charge in [0.05, 0.1) is 5.69 Å². The van der Waals surface area contributed by atoms with Crippen molar-refractivity contribution in [2.75, 3.05) is 0 Å². The van der Waals surface area contributed by atoms with Crippen LogP contribution in [0, 0.1) is 6.92 Å². The summed E-state index contributed by atoms with van der Waals surface area (Å²) >= 11 is 0. The third kappa shape index (κ3) is 2.25. The summed E-state index contributed by atoms with van der Waals surface area (Å²) in [6.07, 6.45) is 2.70. The second kappa shape index (κ2) is 3.01. The molecule has 11 heavy (non-hydrogen) atoms. The molecule has 0 radical (unpaired) electrons. The summed E-state index contributed by atoms with van der Waals surface area (Å²) in [4.78, 5) is 10.3. The zero-order chi connectivity index (χ0) is 8.27. The summed E-state index contributed by atoms with van der Waals surface area (Å²) in [6.45, 7) is 1.80. The maximum absolute atomic E-state index is 10.3. The summed E-state index contributed by atoms with van der Waals surface area (Å²) < 4.78 is 4.77. The number of hydrogen-bond acceptors (Lipinski definition) is 3. The fourth-order valence-corrected chi connectivity index (χ4v) is 0.626. The van der Waals surface area contributed by atoms with E-state index in [0.717, 1.165) is 5.69 Å². The van der Waals surface area contributed by atoms with Crippen molar-refractivity contribution < 1.29 is 9.32 Å². The summed E-state index contributed by atoms with van der Waals surface area (Å²) in [5, 5.41) is 3.62. The van der Waals surface area contributed by atoms with Gasteiger partial charge in [-0.25, -0.2) is 0 Å². The average molecular weight is 152 g/mol. The van der Waals surface area contributed by atoms with E-state index >= 15 is 0 Å². The van der Waals surface area contributed by atoms with Gasteiger partial charge in [-0.2, -0.15) is 0 Å². The van der Waals surface area contributed by atoms with Gasteiger partial charge in [0.15, 0.2) is 5.76 Å². The molecule has 1 aromatic rings. The van der Waals surface area contributed by atoms with E-state index in [9.17, 15) is 4.79 Å². The minimum Gasteiger partial charge on any atom is -0.366 e. The smallest absolute Gasteiger partial charge is 0.241 e. The van der Waals surface area contributed by atoms with Crippen LogP contribution in [0.4, 0.5) is 0 Å². The molecule has 1 heterocycles. The number of carbonyl (C=O) groups excluding carboxylic acids is 1. The number of aryl methyl sites for hydroxylation is 1. The maximum atomic E-state index is 10.3. The molecule has 0 aliphatic rings. The van der Waals surface area contributed by atoms with Crippen LogP contribution < -0.4 is 5.73 Å². The predicted octanol–water partition coefficient (Wildman–Crippen LogP) is 0.482. The van der Waals surface area contributed by atoms with Gasteiger partial charge < -0.3 is 10.3 Å². The van der Waals surface area contributed by atoms with Crippen molar-refractivity contribution in [3.8, 4) is 0 Å². The highest BCUT2D eigenvalue weighted by atomic mass is 16.5. The molecule has 0 aliphatic heterocycles. The van der Waals surface area contributed by atoms with Crippen LogP contribution in [0.5, 0.6) is 0 Å². The van der Waals surface area contributed by atoms with Crippen molar-refractivity contribution in [1.29, 1.82) is 0 Å². The Morgan fingerprint density at radius 2 is 2.55 bits per heavy atom. The molecule has 0 aromatic carbocycles. The SMILES string of the molecule is Cc1cc(/C=C/C(N)=O)on1. The van der Waals surface area contributed by atoms with Crippen LogP contribution in [-0.4, -0.2) is 11.1 Å². The largest absolute Gasteiger partial charge is 0.366 e. The van der Waals surface area contributed by atoms with E-state index in [-0.39, 0.29) is 0 Å². The molecule has 0 spiro atoms. The van der Waals surface area contributed by atoms with E-state index in [4.69, 9.17) is 10.3 Å². The second-order valence-corrected chi connectivity index (χ2v) is 2.11. The third-order valence-electron chi connectivity index (χ3n) is 1.06. The monoisotopic (exact) mass is 152 g/mol. The molecule has 1 aromatic heterocycles. The zero-order valence-electron chi connectivity index (χ0n) is 6.07. The standard InChI is InChI=1S/C7H8N2O2/c1-5-4-6(11-9-5)2-3-7(8)10/h2-4H,1H3,(H2,8,10)/b3-2+. The van der Waals surface area contributed by atoms with Gasteiger partial charge in [-0.15, -0.1) is 0 Å². The van der Waals surface area contributed by atoms with Gasteiger partial charge >= 0.3 is 0 Å². The maximum Gasteiger partial charge on any atom is 0.241 e. The number of amides is 1. The van der Waals surface area contributed by atoms with E-state index < -0.39 is 5.91 Å². The fourth-order valence-electron chi connectivity index (χ4n) is 0.626. The second-order valence-electron chi connectivity index (χ2n) is 2.11. The molecule has 2 N–H and O–H groups in total. The topological polar surface area (TPSA) is 69.1 Å². The van der Waals surface area contributed by atoms with E-state index in [2.05, 4.69) is 5.16 Å². The Bertz CT molecular complexity index is 288. The highest BCUT2D eigenvalue weighted by Crippen LogP contribution is 2.03. The Hall–Kier alpha value is -1.58. The van der Waals surface area contributed by atoms with Crippen LogP contribution >= 0.6 is 0 Å². The molecule has 0 saturated carbocycles. The lowest BCUT2D eigenvalue weighted by Crippen LogP contribution is -2.04. The van der Waals surface area contributed by atoms with Gasteiger partial charge in [0.2, 0.25) is 5.91 Å². The van der Waals surface area contributed by atoms with Gasteiger partial charge in [-0.3, -0.25) is 4.79 Å². The molecule has 0 bridgehead atoms. The number of aromatic nitrogens is 1. The zero-order valence-corrected chi connectivity index (χ0v) is 6.07. The van der Waals surface area contributed by atoms with Crippen LogP contribution in [0.3, 0.4) is 0 Å². The first-order valence-corrected chi connectivity index (χ1v) is 3.09. The molecule has 58 valence electrons. The average Bonchev–Trinajstić information content (AvgIpc) is 2.31. The van der Waals surface area contributed by atoms with Crippen molar-refractivity contribution in [2.45, 2.75) is 6.92 Å². The summed E-state index contributed by atoms with van der Waals surface area (Å²) in [5.41, 5.74) is 5.63. The molecular formula is C7H8N2O2. The molecule has 0 atom stereocenters. The first kappa shape index (κ1) is 7.53. The van der Waals surface area contributed by atoms with Crippen LogP contribution in [0.1, 0.15) is 11.5 Å². The number of nitrogens with zero attached hydrogens (tertiary/aromatic N) is 1. The van der Waals surface area contributed by atoms with E-state index in [0.29, 0.717) is 5.76 Å². The first-order chi connectivity index (χ1) is 5.18. The summed E-state index contributed by atoms with van der Waals surface area (Å²) in [6, 6.07) is 1.71. The lowest BCUT2D eigenvalue weighted by Gasteiger charge is -1.78. The normalized spacial score (nSPS) is 10.6. The van der Waals surface area contributed by atoms with Crippen LogP contribution in [0.2, 0.25) is 0 Å². The van der Waals surface area contributed by atoms with E-state index in [1.54, 1.807) is 13.0 Å². The number of hydrogen-bond donors (Lipinski definition) is 1. The highest BCUT2D eigenvalue weighted by molar-refractivity contribution is 5.89. The van der Waals surface area contributed by atoms with Crippen LogP contribution in [-0.2, 0) is 4.79 Å². The van der Waals surface area contributed by atoms with Crippen molar-refractivity contribution in [2.24, 2.45) is 5.73 Å². The molecular weight excluding hydrogens is 144 g/mol. The Kier molecular flexibility index (Phi) is 2.06. The quantitative estimate of drug-likeness (QED) is 0.626. The molecule has 0 fully saturated rings. The molecule has 0 unspecified atom stereocenters. The van der Waals surface area contributed by atoms with Crippen molar-refractivity contribution in [3.05, 3.63) is 23.6 Å². The lowest BCUT2D eigenvalue weighted by atomic mass is 10.3. The molecule has 0 aliphatic carbocycles. The third-order valence-corrected chi connectivity index (χ3v) is 1.06. The Morgan fingerprint density at radius 1 is 1.82 bits per heavy atom. The fraction of sp³-hybridized carbons (Fsp3) is 0.143. The molecule has 1 amide bonds. The van der Waals surface area contributed by atoms with Crippen molar-refractivity contribution in [3.63, 3.8) is 0 Å². The molecule has 4 heteroatoms. The lowest BCUT2D eigenvalue weighted by molar-refractivity contribution is -0.113. The molecule has 0 saturated heterocycles. The van der Waals surface area contributed by atoms with Gasteiger partial charge in [0.1, 0.15) is 0 Å². The van der Waals surface area contributed by atoms with Gasteiger partial charge in [-0.05, 0) is 13.0 Å². The van der Waals surface area contributed by atoms with E-state index in [1.807, 2.05) is 0 Å². The van der Waals surface area contributed by atoms with Gasteiger partial charge in [0.25, 0.3) is 0 Å². The summed E-state index contributed by atoms with van der Waals surface area (Å²) in [7, 11) is 0. The minimum absolute atomic E-state index is 0.501. The molecule has 1 rings (SSSR count). The van der Waals surface area contributed by atoms with E-state index in [1.165, 1.54) is 12.2 Å². The van der Waals surface area contributed by atoms with Crippen molar-refractivity contribution in [1.82, 2.24) is 5.16 Å².